The molecule has 22 heavy (non-hydrogen) atoms. The van der Waals surface area contributed by atoms with E-state index in [1.807, 2.05) is 22.2 Å². The van der Waals surface area contributed by atoms with Crippen LogP contribution in [0.2, 0.25) is 0 Å². The van der Waals surface area contributed by atoms with Crippen molar-refractivity contribution in [2.45, 2.75) is 43.4 Å². The average molecular weight is 341 g/mol. The van der Waals surface area contributed by atoms with Crippen molar-refractivity contribution in [1.82, 2.24) is 14.7 Å². The number of thiazole rings is 1. The van der Waals surface area contributed by atoms with Crippen LogP contribution < -0.4 is 5.32 Å². The minimum atomic E-state index is -3.03. The maximum Gasteiger partial charge on any atom is 0.226 e. The van der Waals surface area contributed by atoms with Crippen LogP contribution in [-0.4, -0.2) is 41.3 Å². The Hall–Kier alpha value is -1.41. The molecule has 2 heterocycles. The van der Waals surface area contributed by atoms with Crippen LogP contribution >= 0.6 is 11.3 Å². The van der Waals surface area contributed by atoms with E-state index >= 15 is 0 Å². The smallest absolute Gasteiger partial charge is 0.226 e. The first-order chi connectivity index (χ1) is 10.4. The quantitative estimate of drug-likeness (QED) is 0.912. The van der Waals surface area contributed by atoms with E-state index in [0.717, 1.165) is 23.5 Å². The number of nitrogens with one attached hydrogen (secondary N) is 1. The largest absolute Gasteiger partial charge is 0.353 e. The molecular formula is C14H19N3O3S2. The molecule has 0 unspecified atom stereocenters. The maximum atomic E-state index is 12.1. The summed E-state index contributed by atoms with van der Waals surface area (Å²) in [4.78, 5) is 17.4. The third-order valence-corrected chi connectivity index (χ3v) is 6.49. The maximum absolute atomic E-state index is 12.1. The molecule has 2 atom stereocenters. The zero-order valence-electron chi connectivity index (χ0n) is 12.4. The lowest BCUT2D eigenvalue weighted by Crippen LogP contribution is -2.42. The van der Waals surface area contributed by atoms with E-state index < -0.39 is 9.84 Å². The molecule has 8 heteroatoms. The number of sulfone groups is 1. The molecule has 0 saturated heterocycles. The fourth-order valence-electron chi connectivity index (χ4n) is 2.97. The highest BCUT2D eigenvalue weighted by Gasteiger charge is 2.29. The number of aromatic nitrogens is 2. The number of carbonyl (C=O) groups excluding carboxylic acids is 1. The van der Waals surface area contributed by atoms with Crippen LogP contribution in [0.3, 0.4) is 0 Å². The molecule has 0 bridgehead atoms. The van der Waals surface area contributed by atoms with E-state index in [1.54, 1.807) is 0 Å². The molecule has 2 aromatic heterocycles. The Morgan fingerprint density at radius 2 is 2.32 bits per heavy atom. The van der Waals surface area contributed by atoms with Gasteiger partial charge in [-0.15, -0.1) is 11.3 Å². The fraction of sp³-hybridized carbons (Fsp3) is 0.571. The first-order valence-corrected chi connectivity index (χ1v) is 10.1. The van der Waals surface area contributed by atoms with Crippen LogP contribution in [0.1, 0.15) is 31.4 Å². The van der Waals surface area contributed by atoms with Gasteiger partial charge in [0.1, 0.15) is 9.84 Å². The highest BCUT2D eigenvalue weighted by atomic mass is 32.2. The summed E-state index contributed by atoms with van der Waals surface area (Å²) in [5, 5.41) is 4.57. The molecule has 1 saturated carbocycles. The van der Waals surface area contributed by atoms with Crippen LogP contribution in [-0.2, 0) is 21.1 Å². The van der Waals surface area contributed by atoms with E-state index in [0.29, 0.717) is 12.8 Å². The first kappa shape index (κ1) is 15.5. The number of hydrogen-bond donors (Lipinski definition) is 1. The lowest BCUT2D eigenvalue weighted by atomic mass is 9.95. The molecule has 120 valence electrons. The van der Waals surface area contributed by atoms with Gasteiger partial charge in [-0.2, -0.15) is 0 Å². The monoisotopic (exact) mass is 341 g/mol. The van der Waals surface area contributed by atoms with Gasteiger partial charge in [0.05, 0.1) is 17.4 Å². The molecule has 1 aliphatic rings. The number of rotatable bonds is 4. The number of amides is 1. The molecule has 0 aromatic carbocycles. The summed E-state index contributed by atoms with van der Waals surface area (Å²) in [5.74, 6) is -0.0927. The second-order valence-corrected chi connectivity index (χ2v) is 9.08. The Kier molecular flexibility index (Phi) is 4.22. The van der Waals surface area contributed by atoms with Crippen LogP contribution in [0.4, 0.5) is 0 Å². The van der Waals surface area contributed by atoms with Gasteiger partial charge >= 0.3 is 0 Å². The van der Waals surface area contributed by atoms with E-state index in [-0.39, 0.29) is 23.6 Å². The standard InChI is InChI=1S/C14H19N3O3S2/c1-22(19,20)12-4-2-3-10(7-12)15-13(18)8-11-9-17-5-6-21-14(17)16-11/h5-6,9-10,12H,2-4,7-8H2,1H3,(H,15,18)/t10-,12-/m1/s1. The minimum Gasteiger partial charge on any atom is -0.353 e. The zero-order valence-corrected chi connectivity index (χ0v) is 14.0. The normalized spacial score (nSPS) is 22.8. The number of nitrogens with zero attached hydrogens (tertiary/aromatic N) is 2. The average Bonchev–Trinajstić information content (AvgIpc) is 2.98. The van der Waals surface area contributed by atoms with Gasteiger partial charge < -0.3 is 5.32 Å². The van der Waals surface area contributed by atoms with Gasteiger partial charge in [0.25, 0.3) is 0 Å². The Bertz CT molecular complexity index is 750. The third kappa shape index (κ3) is 3.49. The van der Waals surface area contributed by atoms with Crippen LogP contribution in [0.15, 0.2) is 17.8 Å². The van der Waals surface area contributed by atoms with Crippen molar-refractivity contribution >= 4 is 32.0 Å². The van der Waals surface area contributed by atoms with E-state index in [1.165, 1.54) is 17.6 Å². The summed E-state index contributed by atoms with van der Waals surface area (Å²) in [6, 6.07) is -0.0512. The van der Waals surface area contributed by atoms with Gasteiger partial charge in [0.2, 0.25) is 5.91 Å². The summed E-state index contributed by atoms with van der Waals surface area (Å²) in [7, 11) is -3.03. The summed E-state index contributed by atoms with van der Waals surface area (Å²) < 4.78 is 25.2. The van der Waals surface area contributed by atoms with E-state index in [9.17, 15) is 13.2 Å². The number of carbonyl (C=O) groups is 1. The van der Waals surface area contributed by atoms with Crippen molar-refractivity contribution in [2.24, 2.45) is 0 Å². The Labute approximate surface area is 133 Å². The van der Waals surface area contributed by atoms with Crippen molar-refractivity contribution < 1.29 is 13.2 Å². The van der Waals surface area contributed by atoms with Crippen LogP contribution in [0, 0.1) is 0 Å². The van der Waals surface area contributed by atoms with Crippen molar-refractivity contribution in [1.29, 1.82) is 0 Å². The topological polar surface area (TPSA) is 80.5 Å². The van der Waals surface area contributed by atoms with Gasteiger partial charge in [-0.05, 0) is 19.3 Å². The summed E-state index contributed by atoms with van der Waals surface area (Å²) in [5.41, 5.74) is 0.736. The van der Waals surface area contributed by atoms with Gasteiger partial charge in [-0.3, -0.25) is 9.20 Å². The predicted molar refractivity (Wildman–Crippen MR) is 85.8 cm³/mol. The molecule has 2 aromatic rings. The van der Waals surface area contributed by atoms with Crippen molar-refractivity contribution in [3.8, 4) is 0 Å². The van der Waals surface area contributed by atoms with Crippen molar-refractivity contribution in [2.75, 3.05) is 6.26 Å². The molecule has 1 amide bonds. The highest BCUT2D eigenvalue weighted by molar-refractivity contribution is 7.91. The van der Waals surface area contributed by atoms with Gasteiger partial charge in [-0.25, -0.2) is 13.4 Å². The molecular weight excluding hydrogens is 322 g/mol. The molecule has 1 N–H and O–H groups in total. The molecule has 1 aliphatic carbocycles. The lowest BCUT2D eigenvalue weighted by Gasteiger charge is -2.28. The molecule has 1 fully saturated rings. The van der Waals surface area contributed by atoms with Gasteiger partial charge in [-0.1, -0.05) is 6.42 Å². The Morgan fingerprint density at radius 3 is 3.05 bits per heavy atom. The highest BCUT2D eigenvalue weighted by Crippen LogP contribution is 2.24. The number of imidazole rings is 1. The lowest BCUT2D eigenvalue weighted by molar-refractivity contribution is -0.121. The van der Waals surface area contributed by atoms with E-state index in [2.05, 4.69) is 10.3 Å². The molecule has 0 radical (unpaired) electrons. The zero-order chi connectivity index (χ0) is 15.7. The SMILES string of the molecule is CS(=O)(=O)[C@@H]1CCC[C@@H](NC(=O)Cc2cn3ccsc3n2)C1. The van der Waals surface area contributed by atoms with E-state index in [4.69, 9.17) is 0 Å². The second-order valence-electron chi connectivity index (χ2n) is 5.88. The predicted octanol–water partition coefficient (Wildman–Crippen LogP) is 1.41. The van der Waals surface area contributed by atoms with Gasteiger partial charge in [0.15, 0.2) is 4.96 Å². The molecule has 0 spiro atoms. The number of hydrogen-bond acceptors (Lipinski definition) is 5. The summed E-state index contributed by atoms with van der Waals surface area (Å²) in [6.45, 7) is 0. The van der Waals surface area contributed by atoms with Crippen molar-refractivity contribution in [3.63, 3.8) is 0 Å². The number of fused-ring (bicyclic) bond motifs is 1. The fourth-order valence-corrected chi connectivity index (χ4v) is 4.87. The molecule has 3 rings (SSSR count). The first-order valence-electron chi connectivity index (χ1n) is 7.31. The Balaban J connectivity index is 1.58. The van der Waals surface area contributed by atoms with Crippen molar-refractivity contribution in [3.05, 3.63) is 23.5 Å². The molecule has 6 nitrogen and oxygen atoms in total. The second kappa shape index (κ2) is 6.00. The third-order valence-electron chi connectivity index (χ3n) is 4.08. The summed E-state index contributed by atoms with van der Waals surface area (Å²) >= 11 is 1.53. The van der Waals surface area contributed by atoms with Crippen LogP contribution in [0.25, 0.3) is 4.96 Å². The molecule has 0 aliphatic heterocycles. The summed E-state index contributed by atoms with van der Waals surface area (Å²) in [6.07, 6.45) is 8.16. The minimum absolute atomic E-state index is 0.0512. The van der Waals surface area contributed by atoms with Crippen LogP contribution in [0.5, 0.6) is 0 Å². The Morgan fingerprint density at radius 1 is 1.50 bits per heavy atom. The van der Waals surface area contributed by atoms with Gasteiger partial charge in [0, 0.05) is 30.1 Å².